The fourth-order valence-corrected chi connectivity index (χ4v) is 2.04. The molecule has 17 heavy (non-hydrogen) atoms. The average Bonchev–Trinajstić information content (AvgIpc) is 2.38. The molecular weight excluding hydrogens is 228 g/mol. The summed E-state index contributed by atoms with van der Waals surface area (Å²) in [4.78, 5) is 0. The van der Waals surface area contributed by atoms with E-state index >= 15 is 0 Å². The maximum absolute atomic E-state index is 5.88. The average molecular weight is 252 g/mol. The smallest absolute Gasteiger partial charge is 0.122 e. The van der Waals surface area contributed by atoms with Crippen LogP contribution in [0.2, 0.25) is 0 Å². The van der Waals surface area contributed by atoms with E-state index in [1.165, 1.54) is 18.4 Å². The summed E-state index contributed by atoms with van der Waals surface area (Å²) in [7, 11) is 0. The standard InChI is InChI=1S/C15H24OS/c1-3-13(2)14-9-5-6-10-15(14)16-11-7-4-8-12-17/h5-6,9-10,13,17H,3-4,7-8,11-12H2,1-2H3. The monoisotopic (exact) mass is 252 g/mol. The minimum absolute atomic E-state index is 0.573. The molecule has 2 heteroatoms. The van der Waals surface area contributed by atoms with Crippen LogP contribution in [0.3, 0.4) is 0 Å². The topological polar surface area (TPSA) is 9.23 Å². The van der Waals surface area contributed by atoms with Crippen LogP contribution >= 0.6 is 12.6 Å². The van der Waals surface area contributed by atoms with Gasteiger partial charge in [0, 0.05) is 0 Å². The predicted molar refractivity (Wildman–Crippen MR) is 78.3 cm³/mol. The Morgan fingerprint density at radius 2 is 1.94 bits per heavy atom. The van der Waals surface area contributed by atoms with Gasteiger partial charge in [0.25, 0.3) is 0 Å². The maximum Gasteiger partial charge on any atom is 0.122 e. The summed E-state index contributed by atoms with van der Waals surface area (Å²) in [5.41, 5.74) is 1.34. The van der Waals surface area contributed by atoms with Gasteiger partial charge in [-0.2, -0.15) is 12.6 Å². The SMILES string of the molecule is CCC(C)c1ccccc1OCCCCCS. The number of hydrogen-bond donors (Lipinski definition) is 1. The quantitative estimate of drug-likeness (QED) is 0.522. The molecule has 0 radical (unpaired) electrons. The Morgan fingerprint density at radius 3 is 2.65 bits per heavy atom. The summed E-state index contributed by atoms with van der Waals surface area (Å²) < 4.78 is 5.88. The van der Waals surface area contributed by atoms with Gasteiger partial charge in [0.2, 0.25) is 0 Å². The van der Waals surface area contributed by atoms with Gasteiger partial charge in [0.15, 0.2) is 0 Å². The molecule has 0 N–H and O–H groups in total. The van der Waals surface area contributed by atoms with Crippen molar-refractivity contribution in [2.45, 2.75) is 45.4 Å². The first-order valence-corrected chi connectivity index (χ1v) is 7.25. The van der Waals surface area contributed by atoms with Gasteiger partial charge in [-0.05, 0) is 49.0 Å². The Labute approximate surface area is 111 Å². The molecule has 0 heterocycles. The number of rotatable bonds is 8. The summed E-state index contributed by atoms with van der Waals surface area (Å²) in [6.07, 6.45) is 4.66. The summed E-state index contributed by atoms with van der Waals surface area (Å²) in [6.45, 7) is 5.29. The molecule has 1 rings (SSSR count). The second kappa shape index (κ2) is 8.46. The lowest BCUT2D eigenvalue weighted by Gasteiger charge is -2.15. The highest BCUT2D eigenvalue weighted by Gasteiger charge is 2.08. The van der Waals surface area contributed by atoms with Crippen molar-refractivity contribution in [3.05, 3.63) is 29.8 Å². The van der Waals surface area contributed by atoms with E-state index < -0.39 is 0 Å². The van der Waals surface area contributed by atoms with Crippen LogP contribution in [0.5, 0.6) is 5.75 Å². The number of para-hydroxylation sites is 1. The van der Waals surface area contributed by atoms with Crippen LogP contribution in [-0.4, -0.2) is 12.4 Å². The van der Waals surface area contributed by atoms with E-state index in [9.17, 15) is 0 Å². The van der Waals surface area contributed by atoms with Crippen LogP contribution in [0.4, 0.5) is 0 Å². The minimum atomic E-state index is 0.573. The van der Waals surface area contributed by atoms with Gasteiger partial charge < -0.3 is 4.74 Å². The third kappa shape index (κ3) is 5.03. The van der Waals surface area contributed by atoms with E-state index in [1.807, 2.05) is 0 Å². The molecule has 0 bridgehead atoms. The van der Waals surface area contributed by atoms with Crippen LogP contribution < -0.4 is 4.74 Å². The molecule has 0 spiro atoms. The first-order valence-electron chi connectivity index (χ1n) is 6.62. The molecule has 1 atom stereocenters. The summed E-state index contributed by atoms with van der Waals surface area (Å²) >= 11 is 4.21. The van der Waals surface area contributed by atoms with E-state index in [-0.39, 0.29) is 0 Å². The van der Waals surface area contributed by atoms with Crippen molar-refractivity contribution in [3.8, 4) is 5.75 Å². The molecule has 0 aliphatic rings. The fourth-order valence-electron chi connectivity index (χ4n) is 1.81. The molecule has 0 aromatic heterocycles. The molecule has 0 amide bonds. The first kappa shape index (κ1) is 14.4. The van der Waals surface area contributed by atoms with Crippen molar-refractivity contribution < 1.29 is 4.74 Å². The van der Waals surface area contributed by atoms with Crippen molar-refractivity contribution in [3.63, 3.8) is 0 Å². The molecule has 1 aromatic rings. The van der Waals surface area contributed by atoms with Crippen molar-refractivity contribution in [1.82, 2.24) is 0 Å². The van der Waals surface area contributed by atoms with Gasteiger partial charge in [0.1, 0.15) is 5.75 Å². The molecule has 1 unspecified atom stereocenters. The Hall–Kier alpha value is -0.630. The number of ether oxygens (including phenoxy) is 1. The largest absolute Gasteiger partial charge is 0.493 e. The summed E-state index contributed by atoms with van der Waals surface area (Å²) in [5, 5.41) is 0. The number of hydrogen-bond acceptors (Lipinski definition) is 2. The van der Waals surface area contributed by atoms with E-state index in [0.717, 1.165) is 31.0 Å². The zero-order valence-corrected chi connectivity index (χ0v) is 11.9. The maximum atomic E-state index is 5.88. The van der Waals surface area contributed by atoms with Crippen molar-refractivity contribution in [1.29, 1.82) is 0 Å². The molecule has 96 valence electrons. The highest BCUT2D eigenvalue weighted by Crippen LogP contribution is 2.28. The van der Waals surface area contributed by atoms with Gasteiger partial charge in [0.05, 0.1) is 6.61 Å². The van der Waals surface area contributed by atoms with Crippen molar-refractivity contribution in [2.75, 3.05) is 12.4 Å². The normalized spacial score (nSPS) is 12.4. The third-order valence-corrected chi connectivity index (χ3v) is 3.44. The third-order valence-electron chi connectivity index (χ3n) is 3.12. The van der Waals surface area contributed by atoms with E-state index in [2.05, 4.69) is 50.7 Å². The molecule has 0 saturated carbocycles. The zero-order valence-electron chi connectivity index (χ0n) is 11.0. The molecule has 0 saturated heterocycles. The zero-order chi connectivity index (χ0) is 12.5. The van der Waals surface area contributed by atoms with Crippen LogP contribution in [0.25, 0.3) is 0 Å². The Balaban J connectivity index is 2.46. The van der Waals surface area contributed by atoms with Gasteiger partial charge in [-0.25, -0.2) is 0 Å². The molecule has 0 aliphatic heterocycles. The fraction of sp³-hybridized carbons (Fsp3) is 0.600. The predicted octanol–water partition coefficient (Wildman–Crippen LogP) is 4.68. The number of unbranched alkanes of at least 4 members (excludes halogenated alkanes) is 2. The first-order chi connectivity index (χ1) is 8.29. The number of thiol groups is 1. The van der Waals surface area contributed by atoms with Crippen LogP contribution in [-0.2, 0) is 0 Å². The Kier molecular flexibility index (Phi) is 7.18. The Bertz CT molecular complexity index is 312. The highest BCUT2D eigenvalue weighted by molar-refractivity contribution is 7.80. The molecular formula is C15H24OS. The van der Waals surface area contributed by atoms with E-state index in [4.69, 9.17) is 4.74 Å². The highest BCUT2D eigenvalue weighted by atomic mass is 32.1. The van der Waals surface area contributed by atoms with Crippen molar-refractivity contribution in [2.24, 2.45) is 0 Å². The molecule has 0 fully saturated rings. The second-order valence-corrected chi connectivity index (χ2v) is 4.93. The van der Waals surface area contributed by atoms with Gasteiger partial charge >= 0.3 is 0 Å². The van der Waals surface area contributed by atoms with E-state index in [1.54, 1.807) is 0 Å². The lowest BCUT2D eigenvalue weighted by Crippen LogP contribution is -2.02. The summed E-state index contributed by atoms with van der Waals surface area (Å²) in [6, 6.07) is 8.40. The lowest BCUT2D eigenvalue weighted by atomic mass is 9.98. The second-order valence-electron chi connectivity index (χ2n) is 4.48. The van der Waals surface area contributed by atoms with E-state index in [0.29, 0.717) is 5.92 Å². The molecule has 0 aliphatic carbocycles. The van der Waals surface area contributed by atoms with Gasteiger partial charge in [-0.1, -0.05) is 32.0 Å². The van der Waals surface area contributed by atoms with Gasteiger partial charge in [-0.3, -0.25) is 0 Å². The lowest BCUT2D eigenvalue weighted by molar-refractivity contribution is 0.302. The van der Waals surface area contributed by atoms with Crippen LogP contribution in [0, 0.1) is 0 Å². The van der Waals surface area contributed by atoms with Crippen LogP contribution in [0.15, 0.2) is 24.3 Å². The summed E-state index contributed by atoms with van der Waals surface area (Å²) in [5.74, 6) is 2.61. The molecule has 1 aromatic carbocycles. The number of benzene rings is 1. The van der Waals surface area contributed by atoms with Gasteiger partial charge in [-0.15, -0.1) is 0 Å². The van der Waals surface area contributed by atoms with Crippen molar-refractivity contribution >= 4 is 12.6 Å². The van der Waals surface area contributed by atoms with Crippen LogP contribution in [0.1, 0.15) is 51.0 Å². The molecule has 1 nitrogen and oxygen atoms in total. The Morgan fingerprint density at radius 1 is 1.18 bits per heavy atom. The minimum Gasteiger partial charge on any atom is -0.493 e.